The molecule has 10 nitrogen and oxygen atoms in total. The number of thioether (sulfide) groups is 1. The number of carbonyl (C=O) groups is 2. The molecule has 0 spiro atoms. The van der Waals surface area contributed by atoms with Crippen molar-refractivity contribution in [1.82, 2.24) is 19.2 Å². The van der Waals surface area contributed by atoms with Crippen LogP contribution in [0.25, 0.3) is 11.7 Å². The Balaban J connectivity index is 1.52. The van der Waals surface area contributed by atoms with Crippen molar-refractivity contribution in [2.24, 2.45) is 0 Å². The molecule has 4 rings (SSSR count). The van der Waals surface area contributed by atoms with Crippen molar-refractivity contribution < 1.29 is 19.4 Å². The van der Waals surface area contributed by atoms with Gasteiger partial charge in [-0.2, -0.15) is 0 Å². The first-order valence-corrected chi connectivity index (χ1v) is 14.1. The summed E-state index contributed by atoms with van der Waals surface area (Å²) in [5, 5.41) is 12.1. The van der Waals surface area contributed by atoms with E-state index in [9.17, 15) is 14.4 Å². The number of rotatable bonds is 12. The number of carbonyl (C=O) groups excluding carboxylic acids is 1. The van der Waals surface area contributed by atoms with Gasteiger partial charge in [0.05, 0.1) is 23.7 Å². The third-order valence-electron chi connectivity index (χ3n) is 6.55. The van der Waals surface area contributed by atoms with Crippen LogP contribution in [0.5, 0.6) is 0 Å². The minimum absolute atomic E-state index is 0.110. The molecule has 38 heavy (non-hydrogen) atoms. The third kappa shape index (κ3) is 6.99. The van der Waals surface area contributed by atoms with E-state index in [0.29, 0.717) is 58.6 Å². The highest BCUT2D eigenvalue weighted by molar-refractivity contribution is 8.26. The van der Waals surface area contributed by atoms with Crippen molar-refractivity contribution in [3.05, 3.63) is 44.7 Å². The Morgan fingerprint density at radius 2 is 2.00 bits per heavy atom. The number of carboxylic acids is 1. The fraction of sp³-hybridized carbons (Fsp3) is 0.500. The summed E-state index contributed by atoms with van der Waals surface area (Å²) in [5.74, 6) is -0.620. The van der Waals surface area contributed by atoms with Gasteiger partial charge < -0.3 is 15.2 Å². The maximum absolute atomic E-state index is 13.5. The zero-order chi connectivity index (χ0) is 27.1. The second kappa shape index (κ2) is 13.3. The van der Waals surface area contributed by atoms with E-state index in [1.165, 1.54) is 21.1 Å². The van der Waals surface area contributed by atoms with E-state index in [2.05, 4.69) is 10.2 Å². The number of hydrogen-bond donors (Lipinski definition) is 2. The third-order valence-corrected chi connectivity index (χ3v) is 7.93. The van der Waals surface area contributed by atoms with Crippen LogP contribution in [0.2, 0.25) is 0 Å². The van der Waals surface area contributed by atoms with Gasteiger partial charge in [-0.15, -0.1) is 0 Å². The summed E-state index contributed by atoms with van der Waals surface area (Å²) in [5.41, 5.74) is 1.51. The predicted octanol–water partition coefficient (Wildman–Crippen LogP) is 2.98. The molecule has 0 aromatic carbocycles. The summed E-state index contributed by atoms with van der Waals surface area (Å²) < 4.78 is 7.35. The molecule has 12 heteroatoms. The highest BCUT2D eigenvalue weighted by Crippen LogP contribution is 2.33. The van der Waals surface area contributed by atoms with Gasteiger partial charge in [0.25, 0.3) is 11.5 Å². The van der Waals surface area contributed by atoms with Crippen molar-refractivity contribution in [2.45, 2.75) is 39.0 Å². The Bertz CT molecular complexity index is 1290. The lowest BCUT2D eigenvalue weighted by Crippen LogP contribution is -2.37. The Kier molecular flexibility index (Phi) is 9.89. The number of hydrogen-bond acceptors (Lipinski definition) is 9. The normalized spacial score (nSPS) is 17.6. The van der Waals surface area contributed by atoms with Gasteiger partial charge >= 0.3 is 5.97 Å². The molecule has 2 aliphatic rings. The Morgan fingerprint density at radius 1 is 1.21 bits per heavy atom. The molecule has 2 N–H and O–H groups in total. The average Bonchev–Trinajstić information content (AvgIpc) is 3.16. The van der Waals surface area contributed by atoms with Gasteiger partial charge in [-0.05, 0) is 50.4 Å². The van der Waals surface area contributed by atoms with Gasteiger partial charge in [0.1, 0.15) is 15.8 Å². The number of anilines is 1. The zero-order valence-corrected chi connectivity index (χ0v) is 23.1. The molecule has 0 atom stereocenters. The number of thiocarbonyl (C=S) groups is 1. The Hall–Kier alpha value is -2.80. The van der Waals surface area contributed by atoms with Crippen molar-refractivity contribution >= 4 is 57.7 Å². The monoisotopic (exact) mass is 559 g/mol. The highest BCUT2D eigenvalue weighted by Gasteiger charge is 2.32. The minimum Gasteiger partial charge on any atom is -0.481 e. The molecule has 2 aliphatic heterocycles. The van der Waals surface area contributed by atoms with Gasteiger partial charge in [0.15, 0.2) is 0 Å². The number of fused-ring (bicyclic) bond motifs is 1. The van der Waals surface area contributed by atoms with Gasteiger partial charge in [-0.1, -0.05) is 36.5 Å². The van der Waals surface area contributed by atoms with Crippen LogP contribution >= 0.6 is 24.0 Å². The van der Waals surface area contributed by atoms with Crippen LogP contribution in [0.1, 0.15) is 43.2 Å². The SMILES string of the molecule is Cc1cccn2c(=O)c(/C=C3\SC(=S)N(CCCCCC(=O)O)C3=O)c(NCCCN3CCOCC3)nc12. The molecule has 0 unspecified atom stereocenters. The van der Waals surface area contributed by atoms with Crippen molar-refractivity contribution in [3.63, 3.8) is 0 Å². The van der Waals surface area contributed by atoms with E-state index in [1.807, 2.05) is 13.0 Å². The summed E-state index contributed by atoms with van der Waals surface area (Å²) in [6.07, 6.45) is 6.16. The molecule has 2 aromatic heterocycles. The number of pyridine rings is 1. The van der Waals surface area contributed by atoms with Crippen LogP contribution in [-0.2, 0) is 14.3 Å². The summed E-state index contributed by atoms with van der Waals surface area (Å²) in [6, 6.07) is 3.71. The van der Waals surface area contributed by atoms with E-state index in [4.69, 9.17) is 27.0 Å². The number of nitrogens with zero attached hydrogens (tertiary/aromatic N) is 4. The molecular weight excluding hydrogens is 526 g/mol. The van der Waals surface area contributed by atoms with Crippen LogP contribution in [-0.4, -0.2) is 86.4 Å². The number of aryl methyl sites for hydroxylation is 1. The van der Waals surface area contributed by atoms with E-state index >= 15 is 0 Å². The molecule has 2 saturated heterocycles. The van der Waals surface area contributed by atoms with E-state index in [0.717, 1.165) is 44.8 Å². The molecule has 1 amide bonds. The molecule has 4 heterocycles. The number of carboxylic acid groups (broad SMARTS) is 1. The predicted molar refractivity (Wildman–Crippen MR) is 153 cm³/mol. The lowest BCUT2D eigenvalue weighted by Gasteiger charge is -2.26. The van der Waals surface area contributed by atoms with Crippen LogP contribution in [0.15, 0.2) is 28.0 Å². The minimum atomic E-state index is -0.825. The standard InChI is InChI=1S/C26H33N5O5S2/c1-18-7-5-12-30-23(18)28-22(27-9-6-10-29-13-15-36-16-14-29)19(24(30)34)17-20-25(35)31(26(37)38-20)11-4-2-3-8-21(32)33/h5,7,12,17,27H,2-4,6,8-11,13-16H2,1H3,(H,32,33)/b20-17-. The first kappa shape index (κ1) is 28.2. The summed E-state index contributed by atoms with van der Waals surface area (Å²) in [6.45, 7) is 7.21. The number of aromatic nitrogens is 2. The molecule has 2 aromatic rings. The Morgan fingerprint density at radius 3 is 2.76 bits per heavy atom. The largest absolute Gasteiger partial charge is 0.481 e. The van der Waals surface area contributed by atoms with Gasteiger partial charge in [0.2, 0.25) is 0 Å². The van der Waals surface area contributed by atoms with E-state index in [1.54, 1.807) is 18.3 Å². The fourth-order valence-corrected chi connectivity index (χ4v) is 5.75. The number of amides is 1. The number of aliphatic carboxylic acids is 1. The smallest absolute Gasteiger partial charge is 0.303 e. The number of ether oxygens (including phenoxy) is 1. The van der Waals surface area contributed by atoms with Crippen LogP contribution < -0.4 is 10.9 Å². The topological polar surface area (TPSA) is 116 Å². The lowest BCUT2D eigenvalue weighted by molar-refractivity contribution is -0.137. The summed E-state index contributed by atoms with van der Waals surface area (Å²) in [4.78, 5) is 46.4. The lowest BCUT2D eigenvalue weighted by atomic mass is 10.2. The molecule has 0 bridgehead atoms. The maximum atomic E-state index is 13.5. The second-order valence-electron chi connectivity index (χ2n) is 9.34. The van der Waals surface area contributed by atoms with E-state index < -0.39 is 5.97 Å². The molecule has 2 fully saturated rings. The van der Waals surface area contributed by atoms with Crippen molar-refractivity contribution in [1.29, 1.82) is 0 Å². The number of morpholine rings is 1. The summed E-state index contributed by atoms with van der Waals surface area (Å²) in [7, 11) is 0. The second-order valence-corrected chi connectivity index (χ2v) is 11.0. The van der Waals surface area contributed by atoms with Crippen LogP contribution in [0.4, 0.5) is 5.82 Å². The molecule has 0 aliphatic carbocycles. The molecule has 204 valence electrons. The van der Waals surface area contributed by atoms with Gasteiger partial charge in [-0.3, -0.25) is 28.6 Å². The quantitative estimate of drug-likeness (QED) is 0.228. The molecule has 0 saturated carbocycles. The fourth-order valence-electron chi connectivity index (χ4n) is 4.46. The maximum Gasteiger partial charge on any atom is 0.303 e. The van der Waals surface area contributed by atoms with Gasteiger partial charge in [0, 0.05) is 38.8 Å². The summed E-state index contributed by atoms with van der Waals surface area (Å²) >= 11 is 6.61. The first-order chi connectivity index (χ1) is 18.3. The van der Waals surface area contributed by atoms with Crippen LogP contribution in [0, 0.1) is 6.92 Å². The van der Waals surface area contributed by atoms with E-state index in [-0.39, 0.29) is 17.9 Å². The van der Waals surface area contributed by atoms with Gasteiger partial charge in [-0.25, -0.2) is 4.98 Å². The number of unbranched alkanes of at least 4 members (excludes halogenated alkanes) is 2. The first-order valence-electron chi connectivity index (χ1n) is 12.9. The Labute approximate surface area is 231 Å². The molecular formula is C26H33N5O5S2. The van der Waals surface area contributed by atoms with Crippen molar-refractivity contribution in [3.8, 4) is 0 Å². The average molecular weight is 560 g/mol. The van der Waals surface area contributed by atoms with Crippen LogP contribution in [0.3, 0.4) is 0 Å². The highest BCUT2D eigenvalue weighted by atomic mass is 32.2. The van der Waals surface area contributed by atoms with Crippen molar-refractivity contribution in [2.75, 3.05) is 51.3 Å². The molecule has 0 radical (unpaired) electrons. The zero-order valence-electron chi connectivity index (χ0n) is 21.5. The number of nitrogens with one attached hydrogen (secondary N) is 1.